The summed E-state index contributed by atoms with van der Waals surface area (Å²) in [6.07, 6.45) is 0. The molecule has 1 aromatic carbocycles. The van der Waals surface area contributed by atoms with Crippen LogP contribution in [0.1, 0.15) is 56.4 Å². The highest BCUT2D eigenvalue weighted by Crippen LogP contribution is 2.35. The summed E-state index contributed by atoms with van der Waals surface area (Å²) in [5.41, 5.74) is 2.99. The Morgan fingerprint density at radius 3 is 2.24 bits per heavy atom. The number of anilines is 1. The summed E-state index contributed by atoms with van der Waals surface area (Å²) in [5, 5.41) is 7.23. The number of aryl methyl sites for hydroxylation is 1. The van der Waals surface area contributed by atoms with E-state index in [1.54, 1.807) is 19.2 Å². The summed E-state index contributed by atoms with van der Waals surface area (Å²) in [6, 6.07) is 4.23. The van der Waals surface area contributed by atoms with Gasteiger partial charge in [0.25, 0.3) is 10.0 Å². The van der Waals surface area contributed by atoms with Crippen molar-refractivity contribution in [1.82, 2.24) is 19.4 Å². The predicted molar refractivity (Wildman–Crippen MR) is 128 cm³/mol. The van der Waals surface area contributed by atoms with E-state index in [1.165, 1.54) is 10.7 Å². The maximum Gasteiger partial charge on any atom is 0.333 e. The van der Waals surface area contributed by atoms with Gasteiger partial charge in [0.2, 0.25) is 0 Å². The second-order valence-corrected chi connectivity index (χ2v) is 10.9. The minimum Gasteiger partial charge on any atom is -0.379 e. The van der Waals surface area contributed by atoms with Gasteiger partial charge < -0.3 is 10.1 Å². The van der Waals surface area contributed by atoms with Crippen molar-refractivity contribution in [2.75, 3.05) is 31.6 Å². The molecule has 1 aromatic heterocycles. The third-order valence-corrected chi connectivity index (χ3v) is 7.02. The molecule has 2 amide bonds. The van der Waals surface area contributed by atoms with Gasteiger partial charge in [-0.15, -0.1) is 0 Å². The second kappa shape index (κ2) is 10.4. The lowest BCUT2D eigenvalue weighted by Gasteiger charge is -2.26. The quantitative estimate of drug-likeness (QED) is 0.604. The van der Waals surface area contributed by atoms with Gasteiger partial charge in [0.1, 0.15) is 0 Å². The lowest BCUT2D eigenvalue weighted by atomic mass is 9.92. The Balaban J connectivity index is 1.79. The van der Waals surface area contributed by atoms with Gasteiger partial charge in [-0.3, -0.25) is 9.58 Å². The second-order valence-electron chi connectivity index (χ2n) is 8.81. The first-order chi connectivity index (χ1) is 15.5. The van der Waals surface area contributed by atoms with Crippen LogP contribution >= 0.6 is 11.6 Å². The Morgan fingerprint density at radius 1 is 1.12 bits per heavy atom. The fraction of sp³-hybridized carbons (Fsp3) is 0.545. The SMILES string of the molecule is CC(C)c1cc(Cl)cc(C(C)C)c1NC(=O)NS(=O)(=O)c1cc(CN2CCOCC2)n(C)n1. The monoisotopic (exact) mass is 497 g/mol. The van der Waals surface area contributed by atoms with Crippen LogP contribution < -0.4 is 10.0 Å². The average molecular weight is 498 g/mol. The Labute approximate surface area is 200 Å². The molecule has 3 rings (SSSR count). The van der Waals surface area contributed by atoms with Crippen molar-refractivity contribution >= 4 is 33.3 Å². The Kier molecular flexibility index (Phi) is 8.04. The molecule has 11 heteroatoms. The number of nitrogens with one attached hydrogen (secondary N) is 2. The van der Waals surface area contributed by atoms with Gasteiger partial charge in [-0.2, -0.15) is 13.5 Å². The number of amides is 2. The molecule has 0 radical (unpaired) electrons. The lowest BCUT2D eigenvalue weighted by Crippen LogP contribution is -2.36. The maximum atomic E-state index is 12.9. The van der Waals surface area contributed by atoms with Gasteiger partial charge in [-0.05, 0) is 35.1 Å². The van der Waals surface area contributed by atoms with Crippen LogP contribution in [0.3, 0.4) is 0 Å². The zero-order chi connectivity index (χ0) is 24.3. The van der Waals surface area contributed by atoms with E-state index in [1.807, 2.05) is 27.7 Å². The third kappa shape index (κ3) is 6.26. The van der Waals surface area contributed by atoms with E-state index in [4.69, 9.17) is 16.3 Å². The highest BCUT2D eigenvalue weighted by molar-refractivity contribution is 7.90. The van der Waals surface area contributed by atoms with Crippen molar-refractivity contribution in [2.45, 2.75) is 51.1 Å². The highest BCUT2D eigenvalue weighted by Gasteiger charge is 2.25. The van der Waals surface area contributed by atoms with Crippen LogP contribution in [0.15, 0.2) is 23.2 Å². The molecule has 0 bridgehead atoms. The van der Waals surface area contributed by atoms with Crippen LogP contribution in [0, 0.1) is 0 Å². The minimum atomic E-state index is -4.16. The number of carbonyl (C=O) groups is 1. The molecule has 1 aliphatic heterocycles. The number of aromatic nitrogens is 2. The van der Waals surface area contributed by atoms with Gasteiger partial charge >= 0.3 is 6.03 Å². The number of rotatable bonds is 7. The van der Waals surface area contributed by atoms with Crippen LogP contribution in [0.2, 0.25) is 5.02 Å². The predicted octanol–water partition coefficient (Wildman–Crippen LogP) is 3.66. The molecule has 0 unspecified atom stereocenters. The van der Waals surface area contributed by atoms with E-state index in [2.05, 4.69) is 20.0 Å². The van der Waals surface area contributed by atoms with Crippen LogP contribution in [-0.2, 0) is 28.4 Å². The number of sulfonamides is 1. The van der Waals surface area contributed by atoms with Crippen molar-refractivity contribution in [3.05, 3.63) is 40.0 Å². The molecule has 2 aromatic rings. The Bertz CT molecular complexity index is 1080. The summed E-state index contributed by atoms with van der Waals surface area (Å²) >= 11 is 6.27. The molecule has 33 heavy (non-hydrogen) atoms. The number of hydrogen-bond acceptors (Lipinski definition) is 6. The van der Waals surface area contributed by atoms with Crippen LogP contribution in [0.25, 0.3) is 0 Å². The molecule has 1 aliphatic rings. The van der Waals surface area contributed by atoms with E-state index in [0.29, 0.717) is 30.5 Å². The number of morpholine rings is 1. The number of urea groups is 1. The highest BCUT2D eigenvalue weighted by atomic mass is 35.5. The van der Waals surface area contributed by atoms with Crippen LogP contribution in [0.4, 0.5) is 10.5 Å². The smallest absolute Gasteiger partial charge is 0.333 e. The summed E-state index contributed by atoms with van der Waals surface area (Å²) < 4.78 is 34.7. The lowest BCUT2D eigenvalue weighted by molar-refractivity contribution is 0.0331. The first-order valence-corrected chi connectivity index (χ1v) is 12.8. The van der Waals surface area contributed by atoms with E-state index >= 15 is 0 Å². The fourth-order valence-electron chi connectivity index (χ4n) is 3.76. The Hall–Kier alpha value is -2.14. The van der Waals surface area contributed by atoms with Crippen molar-refractivity contribution in [2.24, 2.45) is 7.05 Å². The number of hydrogen-bond donors (Lipinski definition) is 2. The molecule has 2 heterocycles. The van der Waals surface area contributed by atoms with Crippen LogP contribution in [-0.4, -0.2) is 55.4 Å². The first-order valence-electron chi connectivity index (χ1n) is 11.0. The standard InChI is InChI=1S/C22H32ClN5O4S/c1-14(2)18-10-16(23)11-19(15(3)4)21(18)24-22(29)26-33(30,31)20-12-17(27(5)25-20)13-28-6-8-32-9-7-28/h10-12,14-15H,6-9,13H2,1-5H3,(H2,24,26,29). The number of halogens is 1. The molecule has 2 N–H and O–H groups in total. The fourth-order valence-corrected chi connectivity index (χ4v) is 4.92. The molecule has 0 spiro atoms. The van der Waals surface area contributed by atoms with E-state index in [-0.39, 0.29) is 16.9 Å². The van der Waals surface area contributed by atoms with Gasteiger partial charge in [-0.25, -0.2) is 9.52 Å². The molecule has 0 aliphatic carbocycles. The molecule has 9 nitrogen and oxygen atoms in total. The molecule has 0 atom stereocenters. The molecule has 182 valence electrons. The average Bonchev–Trinajstić information content (AvgIpc) is 3.10. The molecule has 1 saturated heterocycles. The van der Waals surface area contributed by atoms with E-state index in [9.17, 15) is 13.2 Å². The van der Waals surface area contributed by atoms with Crippen molar-refractivity contribution < 1.29 is 17.9 Å². The summed E-state index contributed by atoms with van der Waals surface area (Å²) in [7, 11) is -2.47. The van der Waals surface area contributed by atoms with Gasteiger partial charge in [0.05, 0.1) is 18.9 Å². The Morgan fingerprint density at radius 2 is 1.70 bits per heavy atom. The van der Waals surface area contributed by atoms with E-state index < -0.39 is 16.1 Å². The maximum absolute atomic E-state index is 12.9. The van der Waals surface area contributed by atoms with Gasteiger partial charge in [0.15, 0.2) is 5.03 Å². The van der Waals surface area contributed by atoms with Gasteiger partial charge in [0, 0.05) is 43.5 Å². The summed E-state index contributed by atoms with van der Waals surface area (Å²) in [5.74, 6) is 0.151. The van der Waals surface area contributed by atoms with Gasteiger partial charge in [-0.1, -0.05) is 39.3 Å². The topological polar surface area (TPSA) is 106 Å². The largest absolute Gasteiger partial charge is 0.379 e. The summed E-state index contributed by atoms with van der Waals surface area (Å²) in [6.45, 7) is 11.3. The molecular weight excluding hydrogens is 466 g/mol. The number of benzene rings is 1. The first kappa shape index (κ1) is 25.5. The van der Waals surface area contributed by atoms with Crippen molar-refractivity contribution in [1.29, 1.82) is 0 Å². The third-order valence-electron chi connectivity index (χ3n) is 5.59. The molecular formula is C22H32ClN5O4S. The zero-order valence-corrected chi connectivity index (χ0v) is 21.3. The normalized spacial score (nSPS) is 15.3. The molecule has 1 fully saturated rings. The van der Waals surface area contributed by atoms with E-state index in [0.717, 1.165) is 29.9 Å². The zero-order valence-electron chi connectivity index (χ0n) is 19.7. The summed E-state index contributed by atoms with van der Waals surface area (Å²) in [4.78, 5) is 14.9. The number of ether oxygens (including phenoxy) is 1. The number of carbonyl (C=O) groups excluding carboxylic acids is 1. The van der Waals surface area contributed by atoms with Crippen molar-refractivity contribution in [3.63, 3.8) is 0 Å². The van der Waals surface area contributed by atoms with Crippen molar-refractivity contribution in [3.8, 4) is 0 Å². The molecule has 0 saturated carbocycles. The van der Waals surface area contributed by atoms with Crippen LogP contribution in [0.5, 0.6) is 0 Å². The number of nitrogens with zero attached hydrogens (tertiary/aromatic N) is 3. The minimum absolute atomic E-state index is 0.0756.